The van der Waals surface area contributed by atoms with Crippen LogP contribution in [0.4, 0.5) is 0 Å². The fraction of sp³-hybridized carbons (Fsp3) is 0.316. The number of fused-ring (bicyclic) bond motifs is 1. The molecular weight excluding hydrogens is 288 g/mol. The maximum atomic E-state index is 11.4. The van der Waals surface area contributed by atoms with Crippen molar-refractivity contribution in [2.24, 2.45) is 5.73 Å². The Bertz CT molecular complexity index is 674. The lowest BCUT2D eigenvalue weighted by Gasteiger charge is -2.17. The van der Waals surface area contributed by atoms with Crippen LogP contribution in [-0.4, -0.2) is 29.7 Å². The Balaban J connectivity index is 1.53. The third kappa shape index (κ3) is 3.78. The average Bonchev–Trinajstić information content (AvgIpc) is 2.96. The smallest absolute Gasteiger partial charge is 0.248 e. The molecule has 0 aromatic heterocycles. The number of benzene rings is 2. The quantitative estimate of drug-likeness (QED) is 0.756. The van der Waals surface area contributed by atoms with Crippen LogP contribution in [0.15, 0.2) is 48.5 Å². The minimum absolute atomic E-state index is 0.369. The van der Waals surface area contributed by atoms with Gasteiger partial charge >= 0.3 is 0 Å². The zero-order valence-electron chi connectivity index (χ0n) is 13.0. The second kappa shape index (κ2) is 6.94. The van der Waals surface area contributed by atoms with Crippen LogP contribution in [0.3, 0.4) is 0 Å². The van der Waals surface area contributed by atoms with Crippen molar-refractivity contribution in [2.75, 3.05) is 6.54 Å². The molecule has 23 heavy (non-hydrogen) atoms. The molecule has 4 N–H and O–H groups in total. The molecule has 0 saturated carbocycles. The molecule has 2 aromatic rings. The third-order valence-corrected chi connectivity index (χ3v) is 4.43. The number of primary amides is 1. The van der Waals surface area contributed by atoms with Crippen molar-refractivity contribution in [3.05, 3.63) is 70.8 Å². The van der Waals surface area contributed by atoms with Gasteiger partial charge in [-0.3, -0.25) is 4.79 Å². The normalized spacial score (nSPS) is 15.3. The van der Waals surface area contributed by atoms with E-state index in [0.29, 0.717) is 24.6 Å². The first-order chi connectivity index (χ1) is 11.1. The lowest BCUT2D eigenvalue weighted by Crippen LogP contribution is -2.37. The van der Waals surface area contributed by atoms with E-state index in [1.165, 1.54) is 11.1 Å². The van der Waals surface area contributed by atoms with Gasteiger partial charge in [0.1, 0.15) is 0 Å². The Hall–Kier alpha value is -2.17. The Labute approximate surface area is 136 Å². The molecule has 0 aliphatic heterocycles. The molecule has 0 heterocycles. The van der Waals surface area contributed by atoms with Crippen LogP contribution in [0.1, 0.15) is 27.0 Å². The summed E-state index contributed by atoms with van der Waals surface area (Å²) in [4.78, 5) is 11.4. The van der Waals surface area contributed by atoms with Gasteiger partial charge in [0, 0.05) is 24.6 Å². The molecule has 4 nitrogen and oxygen atoms in total. The summed E-state index contributed by atoms with van der Waals surface area (Å²) >= 11 is 0. The van der Waals surface area contributed by atoms with Crippen molar-refractivity contribution in [1.82, 2.24) is 5.32 Å². The van der Waals surface area contributed by atoms with Crippen molar-refractivity contribution in [2.45, 2.75) is 31.4 Å². The molecule has 1 amide bonds. The van der Waals surface area contributed by atoms with Crippen molar-refractivity contribution >= 4 is 5.91 Å². The highest BCUT2D eigenvalue weighted by atomic mass is 16.3. The SMILES string of the molecule is NC(=O)c1ccccc1C[C@H](O)CNC1Cc2ccccc2C1. The summed E-state index contributed by atoms with van der Waals surface area (Å²) in [7, 11) is 0. The van der Waals surface area contributed by atoms with Gasteiger partial charge in [-0.05, 0) is 35.6 Å². The van der Waals surface area contributed by atoms with Crippen LogP contribution in [0, 0.1) is 0 Å². The highest BCUT2D eigenvalue weighted by molar-refractivity contribution is 5.94. The lowest BCUT2D eigenvalue weighted by molar-refractivity contribution is 0.0998. The third-order valence-electron chi connectivity index (χ3n) is 4.43. The number of rotatable bonds is 6. The summed E-state index contributed by atoms with van der Waals surface area (Å²) in [5.41, 5.74) is 9.43. The average molecular weight is 310 g/mol. The zero-order chi connectivity index (χ0) is 16.2. The van der Waals surface area contributed by atoms with E-state index >= 15 is 0 Å². The van der Waals surface area contributed by atoms with E-state index in [4.69, 9.17) is 5.73 Å². The maximum absolute atomic E-state index is 11.4. The van der Waals surface area contributed by atoms with Crippen LogP contribution in [0.5, 0.6) is 0 Å². The maximum Gasteiger partial charge on any atom is 0.248 e. The lowest BCUT2D eigenvalue weighted by atomic mass is 10.0. The van der Waals surface area contributed by atoms with Crippen LogP contribution >= 0.6 is 0 Å². The van der Waals surface area contributed by atoms with Gasteiger partial charge < -0.3 is 16.2 Å². The standard InChI is InChI=1S/C19H22N2O2/c20-19(23)18-8-4-3-7-15(18)11-17(22)12-21-16-9-13-5-1-2-6-14(13)10-16/h1-8,16-17,21-22H,9-12H2,(H2,20,23)/t17-/m0/s1. The molecule has 0 spiro atoms. The number of nitrogens with two attached hydrogens (primary N) is 1. The molecule has 0 saturated heterocycles. The molecule has 0 fully saturated rings. The van der Waals surface area contributed by atoms with Gasteiger partial charge in [-0.15, -0.1) is 0 Å². The number of aliphatic hydroxyl groups is 1. The monoisotopic (exact) mass is 310 g/mol. The molecule has 1 aliphatic rings. The number of nitrogens with one attached hydrogen (secondary N) is 1. The molecular formula is C19H22N2O2. The van der Waals surface area contributed by atoms with Gasteiger partial charge in [-0.2, -0.15) is 0 Å². The molecule has 0 bridgehead atoms. The molecule has 1 atom stereocenters. The summed E-state index contributed by atoms with van der Waals surface area (Å²) < 4.78 is 0. The van der Waals surface area contributed by atoms with Gasteiger partial charge in [-0.1, -0.05) is 42.5 Å². The molecule has 1 aliphatic carbocycles. The number of aliphatic hydroxyl groups excluding tert-OH is 1. The molecule has 2 aromatic carbocycles. The zero-order valence-corrected chi connectivity index (χ0v) is 13.0. The minimum Gasteiger partial charge on any atom is -0.391 e. The van der Waals surface area contributed by atoms with Gasteiger partial charge in [0.05, 0.1) is 6.10 Å². The van der Waals surface area contributed by atoms with Gasteiger partial charge in [0.2, 0.25) is 5.91 Å². The topological polar surface area (TPSA) is 75.4 Å². The van der Waals surface area contributed by atoms with Gasteiger partial charge in [-0.25, -0.2) is 0 Å². The molecule has 0 unspecified atom stereocenters. The summed E-state index contributed by atoms with van der Waals surface area (Å²) in [5, 5.41) is 13.7. The number of hydrogen-bond donors (Lipinski definition) is 3. The Morgan fingerprint density at radius 3 is 2.39 bits per heavy atom. The second-order valence-corrected chi connectivity index (χ2v) is 6.16. The molecule has 120 valence electrons. The molecule has 0 radical (unpaired) electrons. The fourth-order valence-electron chi connectivity index (χ4n) is 3.27. The number of carbonyl (C=O) groups is 1. The van der Waals surface area contributed by atoms with Crippen LogP contribution in [-0.2, 0) is 19.3 Å². The number of amides is 1. The van der Waals surface area contributed by atoms with E-state index in [1.54, 1.807) is 12.1 Å². The Kier molecular flexibility index (Phi) is 4.74. The number of carbonyl (C=O) groups excluding carboxylic acids is 1. The van der Waals surface area contributed by atoms with Crippen molar-refractivity contribution in [3.8, 4) is 0 Å². The largest absolute Gasteiger partial charge is 0.391 e. The van der Waals surface area contributed by atoms with E-state index in [2.05, 4.69) is 29.6 Å². The highest BCUT2D eigenvalue weighted by Gasteiger charge is 2.21. The van der Waals surface area contributed by atoms with Gasteiger partial charge in [0.15, 0.2) is 0 Å². The summed E-state index contributed by atoms with van der Waals surface area (Å²) in [5.74, 6) is -0.452. The first-order valence-corrected chi connectivity index (χ1v) is 7.99. The summed E-state index contributed by atoms with van der Waals surface area (Å²) in [6.07, 6.45) is 1.88. The highest BCUT2D eigenvalue weighted by Crippen LogP contribution is 2.21. The first kappa shape index (κ1) is 15.7. The van der Waals surface area contributed by atoms with Crippen LogP contribution in [0.2, 0.25) is 0 Å². The van der Waals surface area contributed by atoms with E-state index in [9.17, 15) is 9.90 Å². The van der Waals surface area contributed by atoms with Crippen LogP contribution < -0.4 is 11.1 Å². The van der Waals surface area contributed by atoms with E-state index in [1.807, 2.05) is 12.1 Å². The Morgan fingerprint density at radius 1 is 1.13 bits per heavy atom. The predicted molar refractivity (Wildman–Crippen MR) is 90.3 cm³/mol. The summed E-state index contributed by atoms with van der Waals surface area (Å²) in [6, 6.07) is 16.0. The predicted octanol–water partition coefficient (Wildman–Crippen LogP) is 1.45. The Morgan fingerprint density at radius 2 is 1.74 bits per heavy atom. The summed E-state index contributed by atoms with van der Waals surface area (Å²) in [6.45, 7) is 0.506. The molecule has 3 rings (SSSR count). The van der Waals surface area contributed by atoms with Crippen molar-refractivity contribution in [1.29, 1.82) is 0 Å². The van der Waals surface area contributed by atoms with Crippen molar-refractivity contribution in [3.63, 3.8) is 0 Å². The fourth-order valence-corrected chi connectivity index (χ4v) is 3.27. The minimum atomic E-state index is -0.542. The molecule has 4 heteroatoms. The van der Waals surface area contributed by atoms with E-state index in [0.717, 1.165) is 18.4 Å². The van der Waals surface area contributed by atoms with Gasteiger partial charge in [0.25, 0.3) is 0 Å². The van der Waals surface area contributed by atoms with Crippen molar-refractivity contribution < 1.29 is 9.90 Å². The first-order valence-electron chi connectivity index (χ1n) is 7.99. The second-order valence-electron chi connectivity index (χ2n) is 6.16. The number of hydrogen-bond acceptors (Lipinski definition) is 3. The van der Waals surface area contributed by atoms with E-state index in [-0.39, 0.29) is 0 Å². The van der Waals surface area contributed by atoms with E-state index < -0.39 is 12.0 Å². The van der Waals surface area contributed by atoms with Crippen LogP contribution in [0.25, 0.3) is 0 Å².